The zero-order valence-electron chi connectivity index (χ0n) is 20.2. The number of hydrogen-bond donors (Lipinski definition) is 0. The average molecular weight is 578 g/mol. The molecule has 6 aromatic rings. The van der Waals surface area contributed by atoms with E-state index in [9.17, 15) is 18.4 Å². The lowest BCUT2D eigenvalue weighted by Gasteiger charge is -2.27. The molecule has 2 saturated carbocycles. The quantitative estimate of drug-likeness (QED) is 0.231. The Morgan fingerprint density at radius 3 is 2.46 bits per heavy atom. The first kappa shape index (κ1) is 23.4. The second-order valence-corrected chi connectivity index (χ2v) is 12.7. The molecular weight excluding hydrogens is 561 g/mol. The molecule has 0 bridgehead atoms. The van der Waals surface area contributed by atoms with E-state index in [0.29, 0.717) is 16.7 Å². The number of nitrogens with zero attached hydrogens (tertiary/aromatic N) is 5. The maximum Gasteiger partial charge on any atom is 0.188 e. The highest BCUT2D eigenvalue weighted by molar-refractivity contribution is 7.32. The van der Waals surface area contributed by atoms with Crippen molar-refractivity contribution in [2.45, 2.75) is 25.2 Å². The lowest BCUT2D eigenvalue weighted by molar-refractivity contribution is -0.123. The van der Waals surface area contributed by atoms with Crippen LogP contribution in [0.1, 0.15) is 12.8 Å². The van der Waals surface area contributed by atoms with Crippen molar-refractivity contribution in [3.8, 4) is 10.6 Å². The van der Waals surface area contributed by atoms with Crippen LogP contribution in [0.25, 0.3) is 52.1 Å². The van der Waals surface area contributed by atoms with Gasteiger partial charge in [-0.1, -0.05) is 18.2 Å². The Morgan fingerprint density at radius 2 is 1.69 bits per heavy atom. The van der Waals surface area contributed by atoms with E-state index < -0.39 is 35.7 Å². The predicted octanol–water partition coefficient (Wildman–Crippen LogP) is 6.60. The molecule has 5 heterocycles. The normalized spacial score (nSPS) is 23.6. The highest BCUT2D eigenvalue weighted by atomic mass is 32.1. The fraction of sp³-hybridized carbons (Fsp3) is 0.259. The lowest BCUT2D eigenvalue weighted by Crippen LogP contribution is -2.35. The van der Waals surface area contributed by atoms with E-state index in [-0.39, 0.29) is 24.2 Å². The van der Waals surface area contributed by atoms with E-state index in [2.05, 4.69) is 54.6 Å². The van der Waals surface area contributed by atoms with E-state index >= 15 is 0 Å². The maximum atomic E-state index is 14.0. The summed E-state index contributed by atoms with van der Waals surface area (Å²) in [6, 6.07) is 10.5. The Bertz CT molecular complexity index is 2020. The molecule has 0 spiro atoms. The summed E-state index contributed by atoms with van der Waals surface area (Å²) in [4.78, 5) is 35.8. The smallest absolute Gasteiger partial charge is 0.188 e. The molecule has 12 heteroatoms. The second kappa shape index (κ2) is 8.26. The first-order chi connectivity index (χ1) is 18.9. The third-order valence-corrected chi connectivity index (χ3v) is 10.9. The van der Waals surface area contributed by atoms with Crippen molar-refractivity contribution in [2.24, 2.45) is 23.9 Å². The van der Waals surface area contributed by atoms with Gasteiger partial charge in [0.1, 0.15) is 34.8 Å². The summed E-state index contributed by atoms with van der Waals surface area (Å²) in [7, 11) is 2.07. The Balaban J connectivity index is 1.23. The van der Waals surface area contributed by atoms with E-state index in [1.807, 2.05) is 6.07 Å². The number of halogens is 2. The SMILES string of the molecule is Cn1c2cc(-c3ncc(N=C4C(=O)C5CC(F)C(F)CC5C4=O)c4nsnc34)sc2c2sc3ccccc3c21. The van der Waals surface area contributed by atoms with Gasteiger partial charge in [-0.25, -0.2) is 13.8 Å². The van der Waals surface area contributed by atoms with E-state index in [0.717, 1.165) is 22.1 Å². The number of thiophene rings is 2. The van der Waals surface area contributed by atoms with Crippen molar-refractivity contribution in [1.29, 1.82) is 0 Å². The number of fused-ring (bicyclic) bond motifs is 7. The van der Waals surface area contributed by atoms with Crippen molar-refractivity contribution >= 4 is 98.9 Å². The minimum absolute atomic E-state index is 0.249. The van der Waals surface area contributed by atoms with Gasteiger partial charge in [0.15, 0.2) is 17.3 Å². The van der Waals surface area contributed by atoms with Crippen LogP contribution in [-0.4, -0.2) is 47.9 Å². The fourth-order valence-corrected chi connectivity index (χ4v) is 9.08. The minimum Gasteiger partial charge on any atom is -0.342 e. The van der Waals surface area contributed by atoms with Crippen LogP contribution >= 0.6 is 34.4 Å². The van der Waals surface area contributed by atoms with Crippen molar-refractivity contribution in [1.82, 2.24) is 18.3 Å². The summed E-state index contributed by atoms with van der Waals surface area (Å²) in [6.45, 7) is 0. The number of hydrogen-bond acceptors (Lipinski definition) is 9. The molecule has 2 aliphatic carbocycles. The number of carbonyl (C=O) groups is 2. The topological polar surface area (TPSA) is 90.1 Å². The number of pyridine rings is 1. The third kappa shape index (κ3) is 3.22. The van der Waals surface area contributed by atoms with E-state index in [1.54, 1.807) is 22.7 Å². The molecule has 5 aromatic heterocycles. The van der Waals surface area contributed by atoms with Crippen molar-refractivity contribution in [2.75, 3.05) is 0 Å². The van der Waals surface area contributed by atoms with Crippen LogP contribution in [0.4, 0.5) is 14.5 Å². The number of alkyl halides is 2. The van der Waals surface area contributed by atoms with Crippen LogP contribution in [0, 0.1) is 11.8 Å². The molecule has 39 heavy (non-hydrogen) atoms. The molecule has 2 aliphatic rings. The molecule has 2 fully saturated rings. The molecule has 0 aliphatic heterocycles. The van der Waals surface area contributed by atoms with Gasteiger partial charge in [-0.3, -0.25) is 14.6 Å². The highest BCUT2D eigenvalue weighted by Gasteiger charge is 2.52. The molecule has 1 aromatic carbocycles. The Labute approximate surface area is 231 Å². The van der Waals surface area contributed by atoms with Gasteiger partial charge in [0, 0.05) is 29.0 Å². The number of Topliss-reactive ketones (excluding diaryl/α,β-unsaturated/α-hetero) is 2. The number of aryl methyl sites for hydroxylation is 1. The van der Waals surface area contributed by atoms with Gasteiger partial charge in [0.05, 0.1) is 43.2 Å². The lowest BCUT2D eigenvalue weighted by atomic mass is 9.79. The van der Waals surface area contributed by atoms with E-state index in [4.69, 9.17) is 0 Å². The number of aliphatic imine (C=N–C) groups is 1. The third-order valence-electron chi connectivity index (χ3n) is 7.90. The van der Waals surface area contributed by atoms with Crippen LogP contribution in [0.2, 0.25) is 0 Å². The monoisotopic (exact) mass is 577 g/mol. The summed E-state index contributed by atoms with van der Waals surface area (Å²) in [6.07, 6.45) is -2.58. The Morgan fingerprint density at radius 1 is 0.974 bits per heavy atom. The number of benzene rings is 1. The van der Waals surface area contributed by atoms with Crippen molar-refractivity contribution in [3.63, 3.8) is 0 Å². The van der Waals surface area contributed by atoms with Crippen molar-refractivity contribution < 1.29 is 18.4 Å². The molecule has 7 nitrogen and oxygen atoms in total. The average Bonchev–Trinajstić information content (AvgIpc) is 3.73. The molecule has 0 radical (unpaired) electrons. The molecule has 0 amide bonds. The summed E-state index contributed by atoms with van der Waals surface area (Å²) < 4.78 is 42.6. The van der Waals surface area contributed by atoms with Gasteiger partial charge in [-0.05, 0) is 25.0 Å². The first-order valence-electron chi connectivity index (χ1n) is 12.4. The fourth-order valence-electron chi connectivity index (χ4n) is 5.96. The van der Waals surface area contributed by atoms with Crippen LogP contribution in [0.3, 0.4) is 0 Å². The van der Waals surface area contributed by atoms with Gasteiger partial charge < -0.3 is 4.57 Å². The van der Waals surface area contributed by atoms with Crippen LogP contribution < -0.4 is 0 Å². The Hall–Kier alpha value is -3.48. The molecular formula is C27H17F2N5O2S3. The molecule has 0 N–H and O–H groups in total. The zero-order chi connectivity index (χ0) is 26.6. The maximum absolute atomic E-state index is 14.0. The Kier molecular flexibility index (Phi) is 4.96. The highest BCUT2D eigenvalue weighted by Crippen LogP contribution is 2.46. The molecule has 4 unspecified atom stereocenters. The number of aromatic nitrogens is 4. The van der Waals surface area contributed by atoms with E-state index in [1.165, 1.54) is 31.2 Å². The predicted molar refractivity (Wildman–Crippen MR) is 151 cm³/mol. The summed E-state index contributed by atoms with van der Waals surface area (Å²) >= 11 is 4.40. The summed E-state index contributed by atoms with van der Waals surface area (Å²) in [5.74, 6) is -2.79. The standard InChI is InChI=1S/C27H17F2N5O2S3/c1-34-16-8-18(38-26(16)27-23(34)10-4-2-3-5-17(10)37-27)20-21-19(32-39-33-21)15(9-30-20)31-22-24(35)11-6-13(28)14(29)7-12(11)25(22)36/h2-5,8-9,11-14H,6-7H2,1H3. The number of carbonyl (C=O) groups excluding carboxylic acids is 2. The molecule has 4 atom stereocenters. The van der Waals surface area contributed by atoms with Gasteiger partial charge in [-0.2, -0.15) is 8.75 Å². The number of ketones is 2. The summed E-state index contributed by atoms with van der Waals surface area (Å²) in [5, 5.41) is 1.23. The first-order valence-corrected chi connectivity index (χ1v) is 14.7. The number of rotatable bonds is 2. The zero-order valence-corrected chi connectivity index (χ0v) is 22.7. The minimum atomic E-state index is -1.74. The van der Waals surface area contributed by atoms with Crippen LogP contribution in [-0.2, 0) is 16.6 Å². The summed E-state index contributed by atoms with van der Waals surface area (Å²) in [5.41, 5.74) is 3.91. The van der Waals surface area contributed by atoms with Crippen LogP contribution in [0.5, 0.6) is 0 Å². The van der Waals surface area contributed by atoms with Crippen LogP contribution in [0.15, 0.2) is 41.5 Å². The van der Waals surface area contributed by atoms with Gasteiger partial charge in [-0.15, -0.1) is 22.7 Å². The van der Waals surface area contributed by atoms with Gasteiger partial charge in [0.2, 0.25) is 0 Å². The van der Waals surface area contributed by atoms with Crippen molar-refractivity contribution in [3.05, 3.63) is 36.5 Å². The molecule has 0 saturated heterocycles. The second-order valence-electron chi connectivity index (χ2n) is 10.0. The molecule has 8 rings (SSSR count). The molecule has 194 valence electrons. The van der Waals surface area contributed by atoms with Gasteiger partial charge >= 0.3 is 0 Å². The van der Waals surface area contributed by atoms with Gasteiger partial charge in [0.25, 0.3) is 0 Å². The largest absolute Gasteiger partial charge is 0.342 e.